The van der Waals surface area contributed by atoms with E-state index in [0.29, 0.717) is 47.7 Å². The first-order chi connectivity index (χ1) is 14.2. The van der Waals surface area contributed by atoms with Gasteiger partial charge in [-0.25, -0.2) is 9.37 Å². The Morgan fingerprint density at radius 2 is 1.83 bits per heavy atom. The van der Waals surface area contributed by atoms with Crippen LogP contribution in [0.3, 0.4) is 0 Å². The topological polar surface area (TPSA) is 52.6 Å². The Morgan fingerprint density at radius 1 is 1.00 bits per heavy atom. The molecule has 0 aliphatic rings. The molecule has 7 heteroatoms. The summed E-state index contributed by atoms with van der Waals surface area (Å²) in [6, 6.07) is 15.5. The fourth-order valence-corrected chi connectivity index (χ4v) is 2.86. The third-order valence-electron chi connectivity index (χ3n) is 4.16. The molecule has 0 bridgehead atoms. The normalized spacial score (nSPS) is 10.6. The molecule has 0 unspecified atom stereocenters. The maximum Gasteiger partial charge on any atom is 0.213 e. The van der Waals surface area contributed by atoms with Crippen LogP contribution in [0.15, 0.2) is 60.8 Å². The minimum Gasteiger partial charge on any atom is -0.493 e. The van der Waals surface area contributed by atoms with Crippen LogP contribution in [0.2, 0.25) is 5.02 Å². The zero-order valence-electron chi connectivity index (χ0n) is 16.0. The number of rotatable bonds is 10. The third-order valence-corrected chi connectivity index (χ3v) is 4.51. The number of ether oxygens (including phenoxy) is 3. The number of benzene rings is 2. The van der Waals surface area contributed by atoms with Crippen LogP contribution in [0.25, 0.3) is 0 Å². The summed E-state index contributed by atoms with van der Waals surface area (Å²) in [7, 11) is 1.55. The number of hydrogen-bond acceptors (Lipinski definition) is 5. The van der Waals surface area contributed by atoms with Gasteiger partial charge in [0.05, 0.1) is 7.11 Å². The molecule has 0 spiro atoms. The lowest BCUT2D eigenvalue weighted by Gasteiger charge is -2.14. The van der Waals surface area contributed by atoms with E-state index in [1.54, 1.807) is 37.6 Å². The summed E-state index contributed by atoms with van der Waals surface area (Å²) in [5.74, 6) is 1.27. The van der Waals surface area contributed by atoms with Gasteiger partial charge < -0.3 is 19.5 Å². The van der Waals surface area contributed by atoms with Crippen molar-refractivity contribution < 1.29 is 18.6 Å². The van der Waals surface area contributed by atoms with Gasteiger partial charge >= 0.3 is 0 Å². The van der Waals surface area contributed by atoms with Crippen molar-refractivity contribution in [1.82, 2.24) is 10.3 Å². The molecule has 0 fully saturated rings. The minimum absolute atomic E-state index is 0.0851. The summed E-state index contributed by atoms with van der Waals surface area (Å²) >= 11 is 6.39. The quantitative estimate of drug-likeness (QED) is 0.488. The molecular formula is C22H22ClFN2O3. The van der Waals surface area contributed by atoms with Crippen molar-refractivity contribution in [1.29, 1.82) is 0 Å². The van der Waals surface area contributed by atoms with Crippen molar-refractivity contribution in [3.63, 3.8) is 0 Å². The molecule has 1 N–H and O–H groups in total. The monoisotopic (exact) mass is 416 g/mol. The Bertz CT molecular complexity index is 925. The predicted molar refractivity (Wildman–Crippen MR) is 110 cm³/mol. The molecule has 3 aromatic rings. The van der Waals surface area contributed by atoms with Gasteiger partial charge in [0.2, 0.25) is 5.88 Å². The zero-order chi connectivity index (χ0) is 20.5. The fourth-order valence-electron chi connectivity index (χ4n) is 2.64. The van der Waals surface area contributed by atoms with E-state index >= 15 is 0 Å². The Balaban J connectivity index is 1.54. The van der Waals surface area contributed by atoms with E-state index in [4.69, 9.17) is 25.8 Å². The highest BCUT2D eigenvalue weighted by Gasteiger charge is 2.12. The van der Waals surface area contributed by atoms with Crippen LogP contribution in [0.1, 0.15) is 11.1 Å². The molecule has 0 atom stereocenters. The van der Waals surface area contributed by atoms with Crippen molar-refractivity contribution in [3.8, 4) is 17.4 Å². The lowest BCUT2D eigenvalue weighted by atomic mass is 10.2. The van der Waals surface area contributed by atoms with Crippen molar-refractivity contribution in [2.45, 2.75) is 13.2 Å². The highest BCUT2D eigenvalue weighted by atomic mass is 35.5. The number of aromatic nitrogens is 1. The molecule has 0 aliphatic heterocycles. The smallest absolute Gasteiger partial charge is 0.213 e. The summed E-state index contributed by atoms with van der Waals surface area (Å²) in [6.45, 7) is 1.73. The second-order valence-electron chi connectivity index (χ2n) is 6.17. The second-order valence-corrected chi connectivity index (χ2v) is 6.57. The van der Waals surface area contributed by atoms with E-state index < -0.39 is 0 Å². The van der Waals surface area contributed by atoms with Crippen LogP contribution in [0.5, 0.6) is 17.4 Å². The second kappa shape index (κ2) is 10.6. The largest absolute Gasteiger partial charge is 0.493 e. The predicted octanol–water partition coefficient (Wildman–Crippen LogP) is 4.63. The van der Waals surface area contributed by atoms with Gasteiger partial charge in [-0.15, -0.1) is 0 Å². The van der Waals surface area contributed by atoms with E-state index in [2.05, 4.69) is 10.3 Å². The van der Waals surface area contributed by atoms with Gasteiger partial charge in [-0.05, 0) is 23.8 Å². The van der Waals surface area contributed by atoms with Gasteiger partial charge in [0.25, 0.3) is 0 Å². The molecule has 0 aliphatic carbocycles. The molecule has 0 saturated heterocycles. The molecule has 3 rings (SSSR count). The van der Waals surface area contributed by atoms with Gasteiger partial charge in [0, 0.05) is 42.0 Å². The standard InChI is InChI=1S/C22H22ClFN2O3/c1-27-20-12-17(14-25-10-11-28-22-8-4-5-9-26-22)18(23)13-21(20)29-15-16-6-2-3-7-19(16)24/h2-9,12-13,25H,10-11,14-15H2,1H3. The van der Waals surface area contributed by atoms with Crippen molar-refractivity contribution in [3.05, 3.63) is 82.8 Å². The summed E-state index contributed by atoms with van der Waals surface area (Å²) in [5, 5.41) is 3.80. The van der Waals surface area contributed by atoms with Crippen LogP contribution in [0, 0.1) is 5.82 Å². The lowest BCUT2D eigenvalue weighted by molar-refractivity contribution is 0.279. The Morgan fingerprint density at radius 3 is 2.59 bits per heavy atom. The van der Waals surface area contributed by atoms with E-state index in [9.17, 15) is 4.39 Å². The van der Waals surface area contributed by atoms with E-state index in [-0.39, 0.29) is 12.4 Å². The van der Waals surface area contributed by atoms with Crippen molar-refractivity contribution >= 4 is 11.6 Å². The van der Waals surface area contributed by atoms with E-state index in [0.717, 1.165) is 5.56 Å². The van der Waals surface area contributed by atoms with Gasteiger partial charge in [-0.2, -0.15) is 0 Å². The number of hydrogen-bond donors (Lipinski definition) is 1. The molecule has 2 aromatic carbocycles. The summed E-state index contributed by atoms with van der Waals surface area (Å²) in [6.07, 6.45) is 1.69. The maximum absolute atomic E-state index is 13.8. The van der Waals surface area contributed by atoms with Crippen LogP contribution in [0.4, 0.5) is 4.39 Å². The van der Waals surface area contributed by atoms with Crippen LogP contribution in [-0.4, -0.2) is 25.2 Å². The number of nitrogens with zero attached hydrogens (tertiary/aromatic N) is 1. The molecule has 0 radical (unpaired) electrons. The molecule has 152 valence electrons. The van der Waals surface area contributed by atoms with Crippen LogP contribution >= 0.6 is 11.6 Å². The highest BCUT2D eigenvalue weighted by Crippen LogP contribution is 2.34. The average Bonchev–Trinajstić information content (AvgIpc) is 2.74. The SMILES string of the molecule is COc1cc(CNCCOc2ccccn2)c(Cl)cc1OCc1ccccc1F. The Labute approximate surface area is 174 Å². The van der Waals surface area contributed by atoms with Crippen LogP contribution < -0.4 is 19.5 Å². The highest BCUT2D eigenvalue weighted by molar-refractivity contribution is 6.31. The van der Waals surface area contributed by atoms with Gasteiger partial charge in [-0.1, -0.05) is 35.9 Å². The molecule has 29 heavy (non-hydrogen) atoms. The molecule has 1 heterocycles. The summed E-state index contributed by atoms with van der Waals surface area (Å²) < 4.78 is 30.4. The maximum atomic E-state index is 13.8. The van der Waals surface area contributed by atoms with Gasteiger partial charge in [0.1, 0.15) is 19.0 Å². The van der Waals surface area contributed by atoms with Gasteiger partial charge in [0.15, 0.2) is 11.5 Å². The summed E-state index contributed by atoms with van der Waals surface area (Å²) in [4.78, 5) is 4.10. The van der Waals surface area contributed by atoms with Gasteiger partial charge in [-0.3, -0.25) is 0 Å². The van der Waals surface area contributed by atoms with E-state index in [1.165, 1.54) is 6.07 Å². The van der Waals surface area contributed by atoms with Crippen molar-refractivity contribution in [2.24, 2.45) is 0 Å². The molecular weight excluding hydrogens is 395 g/mol. The fraction of sp³-hybridized carbons (Fsp3) is 0.227. The molecule has 0 saturated carbocycles. The van der Waals surface area contributed by atoms with Crippen LogP contribution in [-0.2, 0) is 13.2 Å². The number of nitrogens with one attached hydrogen (secondary N) is 1. The Hall–Kier alpha value is -2.83. The number of methoxy groups -OCH3 is 1. The summed E-state index contributed by atoms with van der Waals surface area (Å²) in [5.41, 5.74) is 1.32. The van der Waals surface area contributed by atoms with E-state index in [1.807, 2.05) is 24.3 Å². The first-order valence-corrected chi connectivity index (χ1v) is 9.52. The average molecular weight is 417 g/mol. The first-order valence-electron chi connectivity index (χ1n) is 9.14. The first kappa shape index (κ1) is 20.9. The number of pyridine rings is 1. The zero-order valence-corrected chi connectivity index (χ0v) is 16.8. The number of halogens is 2. The third kappa shape index (κ3) is 6.07. The minimum atomic E-state index is -0.314. The van der Waals surface area contributed by atoms with Crippen molar-refractivity contribution in [2.75, 3.05) is 20.3 Å². The molecule has 0 amide bonds. The Kier molecular flexibility index (Phi) is 7.67. The lowest BCUT2D eigenvalue weighted by Crippen LogP contribution is -2.21. The molecule has 1 aromatic heterocycles. The molecule has 5 nitrogen and oxygen atoms in total.